The van der Waals surface area contributed by atoms with Crippen molar-refractivity contribution in [1.82, 2.24) is 9.88 Å². The predicted molar refractivity (Wildman–Crippen MR) is 89.3 cm³/mol. The highest BCUT2D eigenvalue weighted by atomic mass is 16.6. The van der Waals surface area contributed by atoms with E-state index in [0.29, 0.717) is 13.1 Å². The third kappa shape index (κ3) is 4.67. The van der Waals surface area contributed by atoms with E-state index in [4.69, 9.17) is 4.74 Å². The summed E-state index contributed by atoms with van der Waals surface area (Å²) in [6, 6.07) is 4.11. The normalized spacial score (nSPS) is 17.8. The largest absolute Gasteiger partial charge is 0.444 e. The number of likely N-dealkylation sites (tertiary alicyclic amines) is 1. The molecule has 0 aromatic carbocycles. The van der Waals surface area contributed by atoms with E-state index >= 15 is 0 Å². The lowest BCUT2D eigenvalue weighted by molar-refractivity contribution is 0.0155. The zero-order valence-electron chi connectivity index (χ0n) is 14.4. The molecule has 128 valence electrons. The van der Waals surface area contributed by atoms with Crippen LogP contribution < -0.4 is 0 Å². The SMILES string of the molecule is CC(C)(C)OC(=O)N1CCC(CCCO)(c2ccncc2)CC1. The molecular weight excluding hydrogens is 292 g/mol. The summed E-state index contributed by atoms with van der Waals surface area (Å²) in [5.74, 6) is 0. The zero-order valence-corrected chi connectivity index (χ0v) is 14.4. The van der Waals surface area contributed by atoms with Crippen LogP contribution in [0.15, 0.2) is 24.5 Å². The minimum Gasteiger partial charge on any atom is -0.444 e. The van der Waals surface area contributed by atoms with Gasteiger partial charge in [-0.1, -0.05) is 0 Å². The molecule has 1 N–H and O–H groups in total. The lowest BCUT2D eigenvalue weighted by Gasteiger charge is -2.42. The highest BCUT2D eigenvalue weighted by Crippen LogP contribution is 2.39. The predicted octanol–water partition coefficient (Wildman–Crippen LogP) is 3.12. The topological polar surface area (TPSA) is 62.7 Å². The molecule has 1 saturated heterocycles. The number of ether oxygens (including phenoxy) is 1. The first kappa shape index (κ1) is 17.7. The third-order valence-electron chi connectivity index (χ3n) is 4.48. The van der Waals surface area contributed by atoms with Gasteiger partial charge in [-0.3, -0.25) is 4.98 Å². The summed E-state index contributed by atoms with van der Waals surface area (Å²) < 4.78 is 5.47. The summed E-state index contributed by atoms with van der Waals surface area (Å²) in [6.45, 7) is 7.22. The van der Waals surface area contributed by atoms with E-state index in [0.717, 1.165) is 25.7 Å². The Morgan fingerprint density at radius 3 is 2.43 bits per heavy atom. The molecule has 1 aliphatic heterocycles. The second-order valence-electron chi connectivity index (χ2n) is 7.31. The fraction of sp³-hybridized carbons (Fsp3) is 0.667. The highest BCUT2D eigenvalue weighted by Gasteiger charge is 2.37. The molecule has 1 aromatic rings. The van der Waals surface area contributed by atoms with Gasteiger partial charge in [-0.05, 0) is 69.6 Å². The van der Waals surface area contributed by atoms with E-state index in [2.05, 4.69) is 17.1 Å². The van der Waals surface area contributed by atoms with Crippen molar-refractivity contribution >= 4 is 6.09 Å². The van der Waals surface area contributed by atoms with Crippen LogP contribution in [-0.4, -0.2) is 46.4 Å². The summed E-state index contributed by atoms with van der Waals surface area (Å²) in [5, 5.41) is 9.23. The minimum atomic E-state index is -0.465. The van der Waals surface area contributed by atoms with Gasteiger partial charge in [0.15, 0.2) is 0 Å². The van der Waals surface area contributed by atoms with Gasteiger partial charge in [-0.15, -0.1) is 0 Å². The maximum Gasteiger partial charge on any atom is 0.410 e. The quantitative estimate of drug-likeness (QED) is 0.926. The lowest BCUT2D eigenvalue weighted by Crippen LogP contribution is -2.47. The molecule has 1 amide bonds. The number of aromatic nitrogens is 1. The van der Waals surface area contributed by atoms with Crippen molar-refractivity contribution in [3.05, 3.63) is 30.1 Å². The van der Waals surface area contributed by atoms with Crippen molar-refractivity contribution in [3.8, 4) is 0 Å². The second kappa shape index (κ2) is 7.30. The molecule has 1 aromatic heterocycles. The van der Waals surface area contributed by atoms with Crippen LogP contribution in [0.3, 0.4) is 0 Å². The zero-order chi connectivity index (χ0) is 16.9. The number of carbonyl (C=O) groups excluding carboxylic acids is 1. The van der Waals surface area contributed by atoms with E-state index in [-0.39, 0.29) is 18.1 Å². The number of pyridine rings is 1. The Hall–Kier alpha value is -1.62. The number of amides is 1. The number of rotatable bonds is 4. The first-order valence-electron chi connectivity index (χ1n) is 8.36. The lowest BCUT2D eigenvalue weighted by atomic mass is 9.70. The first-order valence-corrected chi connectivity index (χ1v) is 8.36. The molecule has 5 heteroatoms. The van der Waals surface area contributed by atoms with Crippen LogP contribution in [0, 0.1) is 0 Å². The Kier molecular flexibility index (Phi) is 5.63. The monoisotopic (exact) mass is 320 g/mol. The molecule has 0 atom stereocenters. The Morgan fingerprint density at radius 1 is 1.30 bits per heavy atom. The van der Waals surface area contributed by atoms with Crippen LogP contribution in [0.5, 0.6) is 0 Å². The Labute approximate surface area is 138 Å². The van der Waals surface area contributed by atoms with Gasteiger partial charge >= 0.3 is 6.09 Å². The fourth-order valence-corrected chi connectivity index (χ4v) is 3.25. The van der Waals surface area contributed by atoms with Gasteiger partial charge in [-0.2, -0.15) is 0 Å². The Balaban J connectivity index is 2.07. The number of carbonyl (C=O) groups is 1. The number of piperidine rings is 1. The van der Waals surface area contributed by atoms with E-state index in [1.54, 1.807) is 4.90 Å². The summed E-state index contributed by atoms with van der Waals surface area (Å²) in [7, 11) is 0. The molecule has 2 heterocycles. The van der Waals surface area contributed by atoms with Crippen molar-refractivity contribution in [3.63, 3.8) is 0 Å². The molecule has 0 spiro atoms. The Morgan fingerprint density at radius 2 is 1.91 bits per heavy atom. The summed E-state index contributed by atoms with van der Waals surface area (Å²) >= 11 is 0. The summed E-state index contributed by atoms with van der Waals surface area (Å²) in [6.07, 6.45) is 6.87. The second-order valence-corrected chi connectivity index (χ2v) is 7.31. The highest BCUT2D eigenvalue weighted by molar-refractivity contribution is 5.68. The molecule has 1 fully saturated rings. The average molecular weight is 320 g/mol. The van der Waals surface area contributed by atoms with E-state index in [1.165, 1.54) is 5.56 Å². The van der Waals surface area contributed by atoms with Crippen molar-refractivity contribution in [2.24, 2.45) is 0 Å². The van der Waals surface area contributed by atoms with Gasteiger partial charge in [0.25, 0.3) is 0 Å². The van der Waals surface area contributed by atoms with E-state index in [9.17, 15) is 9.90 Å². The molecule has 0 aliphatic carbocycles. The number of aliphatic hydroxyl groups excluding tert-OH is 1. The van der Waals surface area contributed by atoms with Crippen molar-refractivity contribution in [2.75, 3.05) is 19.7 Å². The van der Waals surface area contributed by atoms with E-state index < -0.39 is 5.60 Å². The van der Waals surface area contributed by atoms with Crippen molar-refractivity contribution < 1.29 is 14.6 Å². The standard InChI is InChI=1S/C18H28N2O3/c1-17(2,3)23-16(22)20-12-8-18(9-13-20,7-4-14-21)15-5-10-19-11-6-15/h5-6,10-11,21H,4,7-9,12-14H2,1-3H3. The number of aliphatic hydroxyl groups is 1. The van der Waals surface area contributed by atoms with E-state index in [1.807, 2.05) is 33.2 Å². The Bertz CT molecular complexity index is 503. The van der Waals surface area contributed by atoms with Crippen LogP contribution >= 0.6 is 0 Å². The fourth-order valence-electron chi connectivity index (χ4n) is 3.25. The van der Waals surface area contributed by atoms with Gasteiger partial charge in [0, 0.05) is 32.1 Å². The molecule has 0 bridgehead atoms. The number of hydrogen-bond acceptors (Lipinski definition) is 4. The molecule has 0 saturated carbocycles. The van der Waals surface area contributed by atoms with Gasteiger partial charge in [0.05, 0.1) is 0 Å². The van der Waals surface area contributed by atoms with Crippen LogP contribution in [-0.2, 0) is 10.2 Å². The van der Waals surface area contributed by atoms with Gasteiger partial charge < -0.3 is 14.7 Å². The molecule has 5 nitrogen and oxygen atoms in total. The van der Waals surface area contributed by atoms with Crippen molar-refractivity contribution in [2.45, 2.75) is 57.5 Å². The summed E-state index contributed by atoms with van der Waals surface area (Å²) in [5.41, 5.74) is 0.808. The average Bonchev–Trinajstić information content (AvgIpc) is 2.52. The summed E-state index contributed by atoms with van der Waals surface area (Å²) in [4.78, 5) is 18.1. The van der Waals surface area contributed by atoms with Crippen molar-refractivity contribution in [1.29, 1.82) is 0 Å². The molecule has 0 radical (unpaired) electrons. The minimum absolute atomic E-state index is 0.0180. The van der Waals surface area contributed by atoms with Gasteiger partial charge in [-0.25, -0.2) is 4.79 Å². The van der Waals surface area contributed by atoms with Crippen LogP contribution in [0.1, 0.15) is 52.0 Å². The van der Waals surface area contributed by atoms with Gasteiger partial charge in [0.2, 0.25) is 0 Å². The molecule has 23 heavy (non-hydrogen) atoms. The first-order chi connectivity index (χ1) is 10.9. The molecule has 2 rings (SSSR count). The molecular formula is C18H28N2O3. The number of hydrogen-bond donors (Lipinski definition) is 1. The smallest absolute Gasteiger partial charge is 0.410 e. The third-order valence-corrected chi connectivity index (χ3v) is 4.48. The molecule has 0 unspecified atom stereocenters. The molecule has 1 aliphatic rings. The van der Waals surface area contributed by atoms with Crippen LogP contribution in [0.4, 0.5) is 4.79 Å². The van der Waals surface area contributed by atoms with Gasteiger partial charge in [0.1, 0.15) is 5.60 Å². The maximum absolute atomic E-state index is 12.2. The van der Waals surface area contributed by atoms with Crippen LogP contribution in [0.25, 0.3) is 0 Å². The number of nitrogens with zero attached hydrogens (tertiary/aromatic N) is 2. The van der Waals surface area contributed by atoms with Crippen LogP contribution in [0.2, 0.25) is 0 Å². The maximum atomic E-state index is 12.2.